The molecule has 0 saturated carbocycles. The SMILES string of the molecule is CCCCC(CC)(NC(=O)OCc1ccccc1)C(=O)O. The first-order valence-electron chi connectivity index (χ1n) is 7.26. The largest absolute Gasteiger partial charge is 0.480 e. The minimum Gasteiger partial charge on any atom is -0.480 e. The van der Waals surface area contributed by atoms with Crippen molar-refractivity contribution in [2.45, 2.75) is 51.7 Å². The van der Waals surface area contributed by atoms with Gasteiger partial charge in [-0.3, -0.25) is 0 Å². The molecule has 5 heteroatoms. The van der Waals surface area contributed by atoms with Crippen LogP contribution in [-0.2, 0) is 16.1 Å². The zero-order valence-electron chi connectivity index (χ0n) is 12.6. The molecule has 0 aromatic heterocycles. The van der Waals surface area contributed by atoms with Crippen molar-refractivity contribution < 1.29 is 19.4 Å². The molecule has 2 N–H and O–H groups in total. The first-order valence-corrected chi connectivity index (χ1v) is 7.26. The Morgan fingerprint density at radius 2 is 1.90 bits per heavy atom. The molecule has 0 aliphatic heterocycles. The number of benzene rings is 1. The van der Waals surface area contributed by atoms with Crippen LogP contribution in [0.3, 0.4) is 0 Å². The standard InChI is InChI=1S/C16H23NO4/c1-3-5-11-16(4-2,14(18)19)17-15(20)21-12-13-9-7-6-8-10-13/h6-10H,3-5,11-12H2,1-2H3,(H,17,20)(H,18,19). The van der Waals surface area contributed by atoms with Gasteiger partial charge in [-0.15, -0.1) is 0 Å². The van der Waals surface area contributed by atoms with Gasteiger partial charge in [-0.1, -0.05) is 57.0 Å². The molecule has 5 nitrogen and oxygen atoms in total. The second-order valence-corrected chi connectivity index (χ2v) is 5.03. The minimum atomic E-state index is -1.25. The van der Waals surface area contributed by atoms with Crippen molar-refractivity contribution in [1.82, 2.24) is 5.32 Å². The van der Waals surface area contributed by atoms with Crippen molar-refractivity contribution in [2.24, 2.45) is 0 Å². The van der Waals surface area contributed by atoms with E-state index in [-0.39, 0.29) is 6.61 Å². The molecule has 0 aliphatic rings. The van der Waals surface area contributed by atoms with Crippen molar-refractivity contribution in [3.05, 3.63) is 35.9 Å². The summed E-state index contributed by atoms with van der Waals surface area (Å²) >= 11 is 0. The fourth-order valence-electron chi connectivity index (χ4n) is 2.07. The van der Waals surface area contributed by atoms with Crippen molar-refractivity contribution in [3.63, 3.8) is 0 Å². The summed E-state index contributed by atoms with van der Waals surface area (Å²) in [6.07, 6.45) is 1.63. The number of hydrogen-bond donors (Lipinski definition) is 2. The number of hydrogen-bond acceptors (Lipinski definition) is 3. The number of rotatable bonds is 8. The van der Waals surface area contributed by atoms with Crippen molar-refractivity contribution in [2.75, 3.05) is 0 Å². The average molecular weight is 293 g/mol. The number of carbonyl (C=O) groups is 2. The third-order valence-electron chi connectivity index (χ3n) is 3.52. The number of amides is 1. The van der Waals surface area contributed by atoms with Gasteiger partial charge >= 0.3 is 12.1 Å². The molecule has 0 saturated heterocycles. The second-order valence-electron chi connectivity index (χ2n) is 5.03. The highest BCUT2D eigenvalue weighted by Gasteiger charge is 2.38. The van der Waals surface area contributed by atoms with Crippen LogP contribution in [0.25, 0.3) is 0 Å². The van der Waals surface area contributed by atoms with E-state index in [1.807, 2.05) is 37.3 Å². The Bertz CT molecular complexity index is 461. The molecule has 0 bridgehead atoms. The Balaban J connectivity index is 2.61. The number of carboxylic acid groups (broad SMARTS) is 1. The van der Waals surface area contributed by atoms with Crippen molar-refractivity contribution in [3.8, 4) is 0 Å². The van der Waals surface area contributed by atoms with Crippen molar-refractivity contribution in [1.29, 1.82) is 0 Å². The summed E-state index contributed by atoms with van der Waals surface area (Å²) in [5.74, 6) is -1.02. The van der Waals surface area contributed by atoms with Gasteiger partial charge in [-0.25, -0.2) is 9.59 Å². The zero-order valence-corrected chi connectivity index (χ0v) is 12.6. The molecule has 0 heterocycles. The van der Waals surface area contributed by atoms with Gasteiger partial charge in [-0.2, -0.15) is 0 Å². The Labute approximate surface area is 125 Å². The first-order chi connectivity index (χ1) is 10.0. The van der Waals surface area contributed by atoms with Gasteiger partial charge in [0.1, 0.15) is 12.1 Å². The molecule has 1 aromatic carbocycles. The average Bonchev–Trinajstić information content (AvgIpc) is 2.50. The summed E-state index contributed by atoms with van der Waals surface area (Å²) < 4.78 is 5.10. The summed E-state index contributed by atoms with van der Waals surface area (Å²) in [5, 5.41) is 11.9. The molecule has 1 aromatic rings. The molecule has 1 unspecified atom stereocenters. The maximum absolute atomic E-state index is 11.9. The lowest BCUT2D eigenvalue weighted by atomic mass is 9.90. The fourth-order valence-corrected chi connectivity index (χ4v) is 2.07. The quantitative estimate of drug-likeness (QED) is 0.770. The van der Waals surface area contributed by atoms with Gasteiger partial charge in [0.05, 0.1) is 0 Å². The number of carbonyl (C=O) groups excluding carboxylic acids is 1. The van der Waals surface area contributed by atoms with Crippen molar-refractivity contribution >= 4 is 12.1 Å². The third-order valence-corrected chi connectivity index (χ3v) is 3.52. The van der Waals surface area contributed by atoms with E-state index < -0.39 is 17.6 Å². The number of nitrogens with one attached hydrogen (secondary N) is 1. The lowest BCUT2D eigenvalue weighted by molar-refractivity contribution is -0.145. The Morgan fingerprint density at radius 1 is 1.24 bits per heavy atom. The lowest BCUT2D eigenvalue weighted by Crippen LogP contribution is -2.54. The van der Waals surface area contributed by atoms with Gasteiger partial charge in [0.25, 0.3) is 0 Å². The summed E-state index contributed by atoms with van der Waals surface area (Å²) in [6, 6.07) is 9.26. The van der Waals surface area contributed by atoms with Crippen LogP contribution < -0.4 is 5.32 Å². The predicted molar refractivity (Wildman–Crippen MR) is 79.9 cm³/mol. The van der Waals surface area contributed by atoms with Gasteiger partial charge in [0, 0.05) is 0 Å². The Morgan fingerprint density at radius 3 is 2.43 bits per heavy atom. The maximum atomic E-state index is 11.9. The number of carboxylic acids is 1. The van der Waals surface area contributed by atoms with Gasteiger partial charge in [0.15, 0.2) is 0 Å². The Hall–Kier alpha value is -2.04. The van der Waals surface area contributed by atoms with Crippen LogP contribution in [0.5, 0.6) is 0 Å². The highest BCUT2D eigenvalue weighted by molar-refractivity contribution is 5.84. The van der Waals surface area contributed by atoms with E-state index in [0.717, 1.165) is 18.4 Å². The van der Waals surface area contributed by atoms with Crippen LogP contribution >= 0.6 is 0 Å². The van der Waals surface area contributed by atoms with Gasteiger partial charge in [0.2, 0.25) is 0 Å². The van der Waals surface area contributed by atoms with Crippen LogP contribution in [0, 0.1) is 0 Å². The fraction of sp³-hybridized carbons (Fsp3) is 0.500. The second kappa shape index (κ2) is 8.29. The molecular formula is C16H23NO4. The van der Waals surface area contributed by atoms with E-state index in [0.29, 0.717) is 12.8 Å². The molecule has 1 atom stereocenters. The topological polar surface area (TPSA) is 75.6 Å². The van der Waals surface area contributed by atoms with Crippen LogP contribution in [0.15, 0.2) is 30.3 Å². The molecule has 0 aliphatic carbocycles. The maximum Gasteiger partial charge on any atom is 0.408 e. The smallest absolute Gasteiger partial charge is 0.408 e. The molecule has 0 fully saturated rings. The summed E-state index contributed by atoms with van der Waals surface area (Å²) in [5.41, 5.74) is -0.386. The van der Waals surface area contributed by atoms with E-state index in [1.54, 1.807) is 6.92 Å². The summed E-state index contributed by atoms with van der Waals surface area (Å²) in [7, 11) is 0. The van der Waals surface area contributed by atoms with E-state index in [2.05, 4.69) is 5.32 Å². The van der Waals surface area contributed by atoms with E-state index in [4.69, 9.17) is 4.74 Å². The molecule has 116 valence electrons. The lowest BCUT2D eigenvalue weighted by Gasteiger charge is -2.28. The molecule has 0 spiro atoms. The van der Waals surface area contributed by atoms with E-state index in [1.165, 1.54) is 0 Å². The van der Waals surface area contributed by atoms with Crippen LogP contribution in [-0.4, -0.2) is 22.7 Å². The van der Waals surface area contributed by atoms with E-state index >= 15 is 0 Å². The van der Waals surface area contributed by atoms with Gasteiger partial charge < -0.3 is 15.2 Å². The third kappa shape index (κ3) is 5.10. The number of alkyl carbamates (subject to hydrolysis) is 1. The summed E-state index contributed by atoms with van der Waals surface area (Å²) in [4.78, 5) is 23.4. The zero-order chi connectivity index (χ0) is 15.7. The van der Waals surface area contributed by atoms with Gasteiger partial charge in [-0.05, 0) is 18.4 Å². The van der Waals surface area contributed by atoms with Crippen LogP contribution in [0.1, 0.15) is 45.1 Å². The Kier molecular flexibility index (Phi) is 6.72. The highest BCUT2D eigenvalue weighted by atomic mass is 16.5. The normalized spacial score (nSPS) is 13.2. The molecule has 1 rings (SSSR count). The van der Waals surface area contributed by atoms with Crippen LogP contribution in [0.2, 0.25) is 0 Å². The highest BCUT2D eigenvalue weighted by Crippen LogP contribution is 2.19. The van der Waals surface area contributed by atoms with Crippen LogP contribution in [0.4, 0.5) is 4.79 Å². The molecule has 1 amide bonds. The molecular weight excluding hydrogens is 270 g/mol. The molecule has 0 radical (unpaired) electrons. The minimum absolute atomic E-state index is 0.125. The predicted octanol–water partition coefficient (Wildman–Crippen LogP) is 3.34. The van der Waals surface area contributed by atoms with E-state index in [9.17, 15) is 14.7 Å². The monoisotopic (exact) mass is 293 g/mol. The molecule has 21 heavy (non-hydrogen) atoms. The number of ether oxygens (including phenoxy) is 1. The number of unbranched alkanes of at least 4 members (excludes halogenated alkanes) is 1. The first kappa shape index (κ1) is 17.0. The number of aliphatic carboxylic acids is 1. The summed E-state index contributed by atoms with van der Waals surface area (Å²) in [6.45, 7) is 3.86.